The van der Waals surface area contributed by atoms with Crippen molar-refractivity contribution in [1.82, 2.24) is 4.90 Å². The van der Waals surface area contributed by atoms with Crippen molar-refractivity contribution in [3.8, 4) is 0 Å². The first-order chi connectivity index (χ1) is 10.1. The Bertz CT molecular complexity index is 538. The van der Waals surface area contributed by atoms with E-state index in [1.807, 2.05) is 17.0 Å². The average Bonchev–Trinajstić information content (AvgIpc) is 2.90. The van der Waals surface area contributed by atoms with Crippen LogP contribution < -0.4 is 4.90 Å². The number of nitrogens with zero attached hydrogens (tertiary/aromatic N) is 2. The van der Waals surface area contributed by atoms with Gasteiger partial charge < -0.3 is 9.80 Å². The van der Waals surface area contributed by atoms with E-state index >= 15 is 0 Å². The molecular weight excluding hydrogens is 288 g/mol. The predicted molar refractivity (Wildman–Crippen MR) is 82.3 cm³/mol. The minimum absolute atomic E-state index is 0.0210. The SMILES string of the molecule is O=C(C1CC(=O)N(c2ccc(Cl)cc2)C1)N1CCCCC1. The van der Waals surface area contributed by atoms with Gasteiger partial charge in [0, 0.05) is 36.8 Å². The maximum absolute atomic E-state index is 12.5. The van der Waals surface area contributed by atoms with Crippen molar-refractivity contribution in [2.45, 2.75) is 25.7 Å². The largest absolute Gasteiger partial charge is 0.342 e. The number of hydrogen-bond acceptors (Lipinski definition) is 2. The number of hydrogen-bond donors (Lipinski definition) is 0. The van der Waals surface area contributed by atoms with Gasteiger partial charge in [0.25, 0.3) is 0 Å². The molecular formula is C16H19ClN2O2. The van der Waals surface area contributed by atoms with Crippen molar-refractivity contribution in [3.63, 3.8) is 0 Å². The number of piperidine rings is 1. The van der Waals surface area contributed by atoms with E-state index in [9.17, 15) is 9.59 Å². The summed E-state index contributed by atoms with van der Waals surface area (Å²) in [5.74, 6) is -0.0431. The predicted octanol–water partition coefficient (Wildman–Crippen LogP) is 2.71. The van der Waals surface area contributed by atoms with Gasteiger partial charge in [-0.25, -0.2) is 0 Å². The summed E-state index contributed by atoms with van der Waals surface area (Å²) in [7, 11) is 0. The first-order valence-corrected chi connectivity index (χ1v) is 7.87. The van der Waals surface area contributed by atoms with Crippen molar-refractivity contribution < 1.29 is 9.59 Å². The number of carbonyl (C=O) groups is 2. The van der Waals surface area contributed by atoms with Gasteiger partial charge in [-0.15, -0.1) is 0 Å². The highest BCUT2D eigenvalue weighted by Crippen LogP contribution is 2.28. The third-order valence-electron chi connectivity index (χ3n) is 4.28. The highest BCUT2D eigenvalue weighted by atomic mass is 35.5. The number of halogens is 1. The Kier molecular flexibility index (Phi) is 4.15. The lowest BCUT2D eigenvalue weighted by Gasteiger charge is -2.29. The molecule has 21 heavy (non-hydrogen) atoms. The molecule has 0 bridgehead atoms. The molecule has 1 unspecified atom stereocenters. The molecule has 2 fully saturated rings. The molecule has 0 aromatic heterocycles. The molecule has 1 atom stereocenters. The summed E-state index contributed by atoms with van der Waals surface area (Å²) in [5, 5.41) is 0.645. The van der Waals surface area contributed by atoms with Crippen LogP contribution in [0, 0.1) is 5.92 Å². The van der Waals surface area contributed by atoms with Crippen molar-refractivity contribution >= 4 is 29.1 Å². The van der Waals surface area contributed by atoms with Gasteiger partial charge in [0.15, 0.2) is 0 Å². The maximum atomic E-state index is 12.5. The Morgan fingerprint density at radius 3 is 2.43 bits per heavy atom. The molecule has 2 saturated heterocycles. The van der Waals surface area contributed by atoms with Gasteiger partial charge >= 0.3 is 0 Å². The van der Waals surface area contributed by atoms with Crippen LogP contribution in [-0.2, 0) is 9.59 Å². The smallest absolute Gasteiger partial charge is 0.228 e. The monoisotopic (exact) mass is 306 g/mol. The van der Waals surface area contributed by atoms with E-state index in [0.717, 1.165) is 31.6 Å². The summed E-state index contributed by atoms with van der Waals surface area (Å²) in [4.78, 5) is 28.3. The zero-order chi connectivity index (χ0) is 14.8. The first-order valence-electron chi connectivity index (χ1n) is 7.50. The Hall–Kier alpha value is -1.55. The van der Waals surface area contributed by atoms with E-state index in [-0.39, 0.29) is 17.7 Å². The van der Waals surface area contributed by atoms with E-state index in [0.29, 0.717) is 18.0 Å². The number of likely N-dealkylation sites (tertiary alicyclic amines) is 1. The fourth-order valence-electron chi connectivity index (χ4n) is 3.12. The Morgan fingerprint density at radius 2 is 1.76 bits per heavy atom. The van der Waals surface area contributed by atoms with Crippen LogP contribution in [0.2, 0.25) is 5.02 Å². The van der Waals surface area contributed by atoms with Gasteiger partial charge in [0.1, 0.15) is 0 Å². The summed E-state index contributed by atoms with van der Waals surface area (Å²) >= 11 is 5.87. The third kappa shape index (κ3) is 3.05. The Labute approximate surface area is 129 Å². The second-order valence-electron chi connectivity index (χ2n) is 5.77. The van der Waals surface area contributed by atoms with Crippen molar-refractivity contribution in [2.24, 2.45) is 5.92 Å². The van der Waals surface area contributed by atoms with Gasteiger partial charge in [-0.3, -0.25) is 9.59 Å². The van der Waals surface area contributed by atoms with E-state index in [4.69, 9.17) is 11.6 Å². The molecule has 2 aliphatic heterocycles. The molecule has 4 nitrogen and oxygen atoms in total. The van der Waals surface area contributed by atoms with Crippen LogP contribution in [0.25, 0.3) is 0 Å². The molecule has 2 amide bonds. The molecule has 1 aromatic carbocycles. The first kappa shape index (κ1) is 14.4. The van der Waals surface area contributed by atoms with Gasteiger partial charge in [-0.05, 0) is 43.5 Å². The minimum atomic E-state index is -0.203. The van der Waals surface area contributed by atoms with E-state index in [1.54, 1.807) is 17.0 Å². The van der Waals surface area contributed by atoms with Crippen molar-refractivity contribution in [2.75, 3.05) is 24.5 Å². The lowest BCUT2D eigenvalue weighted by atomic mass is 10.0. The summed E-state index contributed by atoms with van der Waals surface area (Å²) in [5.41, 5.74) is 0.818. The molecule has 5 heteroatoms. The van der Waals surface area contributed by atoms with Crippen molar-refractivity contribution in [1.29, 1.82) is 0 Å². The summed E-state index contributed by atoms with van der Waals surface area (Å²) < 4.78 is 0. The zero-order valence-electron chi connectivity index (χ0n) is 11.9. The summed E-state index contributed by atoms with van der Waals surface area (Å²) in [6, 6.07) is 7.19. The molecule has 2 heterocycles. The number of amides is 2. The second kappa shape index (κ2) is 6.06. The molecule has 0 N–H and O–H groups in total. The van der Waals surface area contributed by atoms with Crippen molar-refractivity contribution in [3.05, 3.63) is 29.3 Å². The molecule has 0 saturated carbocycles. The molecule has 0 radical (unpaired) electrons. The van der Waals surface area contributed by atoms with Crippen LogP contribution >= 0.6 is 11.6 Å². The Balaban J connectivity index is 1.69. The van der Waals surface area contributed by atoms with Crippen LogP contribution in [0.5, 0.6) is 0 Å². The number of benzene rings is 1. The topological polar surface area (TPSA) is 40.6 Å². The number of anilines is 1. The fraction of sp³-hybridized carbons (Fsp3) is 0.500. The van der Waals surface area contributed by atoms with E-state index < -0.39 is 0 Å². The molecule has 112 valence electrons. The summed E-state index contributed by atoms with van der Waals surface area (Å²) in [6.45, 7) is 2.16. The van der Waals surface area contributed by atoms with Gasteiger partial charge in [0.2, 0.25) is 11.8 Å². The second-order valence-corrected chi connectivity index (χ2v) is 6.20. The number of carbonyl (C=O) groups excluding carboxylic acids is 2. The molecule has 0 aliphatic carbocycles. The standard InChI is InChI=1S/C16H19ClN2O2/c17-13-4-6-14(7-5-13)19-11-12(10-15(19)20)16(21)18-8-2-1-3-9-18/h4-7,12H,1-3,8-11H2. The lowest BCUT2D eigenvalue weighted by Crippen LogP contribution is -2.40. The van der Waals surface area contributed by atoms with E-state index in [2.05, 4.69) is 0 Å². The minimum Gasteiger partial charge on any atom is -0.342 e. The van der Waals surface area contributed by atoms with Gasteiger partial charge in [-0.2, -0.15) is 0 Å². The maximum Gasteiger partial charge on any atom is 0.228 e. The lowest BCUT2D eigenvalue weighted by molar-refractivity contribution is -0.136. The third-order valence-corrected chi connectivity index (χ3v) is 4.53. The zero-order valence-corrected chi connectivity index (χ0v) is 12.7. The van der Waals surface area contributed by atoms with Crippen LogP contribution in [0.1, 0.15) is 25.7 Å². The van der Waals surface area contributed by atoms with E-state index in [1.165, 1.54) is 6.42 Å². The van der Waals surface area contributed by atoms with Gasteiger partial charge in [0.05, 0.1) is 5.92 Å². The van der Waals surface area contributed by atoms with Crippen LogP contribution in [0.15, 0.2) is 24.3 Å². The molecule has 0 spiro atoms. The quantitative estimate of drug-likeness (QED) is 0.843. The summed E-state index contributed by atoms with van der Waals surface area (Å²) in [6.07, 6.45) is 3.67. The molecule has 3 rings (SSSR count). The highest BCUT2D eigenvalue weighted by molar-refractivity contribution is 6.30. The Morgan fingerprint density at radius 1 is 1.10 bits per heavy atom. The normalized spacial score (nSPS) is 22.7. The molecule has 1 aromatic rings. The van der Waals surface area contributed by atoms with Crippen LogP contribution in [0.3, 0.4) is 0 Å². The molecule has 2 aliphatic rings. The average molecular weight is 307 g/mol. The number of rotatable bonds is 2. The fourth-order valence-corrected chi connectivity index (χ4v) is 3.24. The van der Waals surface area contributed by atoms with Crippen LogP contribution in [-0.4, -0.2) is 36.3 Å². The highest BCUT2D eigenvalue weighted by Gasteiger charge is 2.37. The van der Waals surface area contributed by atoms with Crippen LogP contribution in [0.4, 0.5) is 5.69 Å². The van der Waals surface area contributed by atoms with Gasteiger partial charge in [-0.1, -0.05) is 11.6 Å².